The predicted octanol–water partition coefficient (Wildman–Crippen LogP) is 1.51. The second kappa shape index (κ2) is 4.46. The van der Waals surface area contributed by atoms with Crippen LogP contribution in [0.3, 0.4) is 0 Å². The Morgan fingerprint density at radius 3 is 2.00 bits per heavy atom. The van der Waals surface area contributed by atoms with Crippen LogP contribution in [0.4, 0.5) is 0 Å². The number of aliphatic carboxylic acids is 1. The van der Waals surface area contributed by atoms with E-state index in [4.69, 9.17) is 0 Å². The molecular weight excluding hydrogens is 244 g/mol. The van der Waals surface area contributed by atoms with Crippen molar-refractivity contribution in [2.24, 2.45) is 5.92 Å². The van der Waals surface area contributed by atoms with Gasteiger partial charge in [0, 0.05) is 0 Å². The van der Waals surface area contributed by atoms with E-state index in [0.717, 1.165) is 0 Å². The maximum absolute atomic E-state index is 11.5. The van der Waals surface area contributed by atoms with E-state index in [1.54, 1.807) is 6.07 Å². The van der Waals surface area contributed by atoms with Crippen molar-refractivity contribution in [1.29, 1.82) is 0 Å². The van der Waals surface area contributed by atoms with Gasteiger partial charge < -0.3 is 5.11 Å². The highest BCUT2D eigenvalue weighted by Crippen LogP contribution is 2.37. The average Bonchev–Trinajstić information content (AvgIpc) is 2.16. The summed E-state index contributed by atoms with van der Waals surface area (Å²) in [5, 5.41) is 9.24. The third-order valence-corrected chi connectivity index (χ3v) is 4.44. The summed E-state index contributed by atoms with van der Waals surface area (Å²) in [5.41, 5.74) is 0.0463. The Balaban J connectivity index is 3.66. The van der Waals surface area contributed by atoms with Crippen LogP contribution in [0.15, 0.2) is 30.3 Å². The van der Waals surface area contributed by atoms with Gasteiger partial charge in [-0.2, -0.15) is 8.42 Å². The van der Waals surface area contributed by atoms with E-state index in [0.29, 0.717) is 0 Å². The predicted molar refractivity (Wildman–Crippen MR) is 62.1 cm³/mol. The molecule has 1 rings (SSSR count). The van der Waals surface area contributed by atoms with Crippen molar-refractivity contribution in [1.82, 2.24) is 0 Å². The maximum atomic E-state index is 11.5. The molecule has 0 aliphatic carbocycles. The lowest BCUT2D eigenvalue weighted by molar-refractivity contribution is -0.142. The van der Waals surface area contributed by atoms with Crippen molar-refractivity contribution in [3.63, 3.8) is 0 Å². The van der Waals surface area contributed by atoms with Gasteiger partial charge in [-0.1, -0.05) is 44.2 Å². The second-order valence-electron chi connectivity index (χ2n) is 4.04. The number of carboxylic acids is 1. The zero-order valence-electron chi connectivity index (χ0n) is 9.49. The molecule has 17 heavy (non-hydrogen) atoms. The van der Waals surface area contributed by atoms with Crippen LogP contribution in [-0.4, -0.2) is 24.0 Å². The Bertz CT molecular complexity index is 506. The number of rotatable bonds is 4. The van der Waals surface area contributed by atoms with Crippen LogP contribution in [0.25, 0.3) is 0 Å². The standard InChI is InChI=1S/C11H14O5S/c1-8(2)11(10(12)13,17(14,15)16)9-6-4-3-5-7-9/h3-8H,1-2H3,(H,12,13)(H,14,15,16). The van der Waals surface area contributed by atoms with Gasteiger partial charge in [0.1, 0.15) is 0 Å². The van der Waals surface area contributed by atoms with E-state index in [2.05, 4.69) is 0 Å². The Labute approximate surface area is 99.8 Å². The molecule has 0 aliphatic heterocycles. The molecule has 5 nitrogen and oxygen atoms in total. The van der Waals surface area contributed by atoms with Gasteiger partial charge in [0.2, 0.25) is 4.75 Å². The van der Waals surface area contributed by atoms with Gasteiger partial charge in [-0.3, -0.25) is 9.35 Å². The van der Waals surface area contributed by atoms with Crippen LogP contribution < -0.4 is 0 Å². The monoisotopic (exact) mass is 258 g/mol. The summed E-state index contributed by atoms with van der Waals surface area (Å²) >= 11 is 0. The van der Waals surface area contributed by atoms with E-state index < -0.39 is 26.8 Å². The van der Waals surface area contributed by atoms with Crippen LogP contribution in [0.1, 0.15) is 19.4 Å². The fourth-order valence-corrected chi connectivity index (χ4v) is 3.20. The third-order valence-electron chi connectivity index (χ3n) is 2.74. The molecule has 0 spiro atoms. The number of hydrogen-bond acceptors (Lipinski definition) is 3. The summed E-state index contributed by atoms with van der Waals surface area (Å²) in [6, 6.07) is 7.45. The number of carbonyl (C=O) groups is 1. The van der Waals surface area contributed by atoms with E-state index in [9.17, 15) is 22.9 Å². The first kappa shape index (κ1) is 13.7. The van der Waals surface area contributed by atoms with Crippen molar-refractivity contribution in [3.05, 3.63) is 35.9 Å². The topological polar surface area (TPSA) is 91.7 Å². The first-order valence-corrected chi connectivity index (χ1v) is 6.44. The Hall–Kier alpha value is -1.40. The zero-order chi connectivity index (χ0) is 13.3. The van der Waals surface area contributed by atoms with Gasteiger partial charge in [-0.25, -0.2) is 0 Å². The first-order valence-electron chi connectivity index (χ1n) is 5.00. The van der Waals surface area contributed by atoms with E-state index in [1.165, 1.54) is 38.1 Å². The number of carboxylic acid groups (broad SMARTS) is 1. The Kier molecular flexibility index (Phi) is 3.59. The lowest BCUT2D eigenvalue weighted by Crippen LogP contribution is -2.47. The minimum Gasteiger partial charge on any atom is -0.480 e. The molecule has 1 atom stereocenters. The molecule has 0 amide bonds. The van der Waals surface area contributed by atoms with Crippen LogP contribution >= 0.6 is 0 Å². The molecule has 1 unspecified atom stereocenters. The number of benzene rings is 1. The third kappa shape index (κ3) is 2.05. The van der Waals surface area contributed by atoms with Crippen molar-refractivity contribution in [2.45, 2.75) is 18.6 Å². The quantitative estimate of drug-likeness (QED) is 0.799. The maximum Gasteiger partial charge on any atom is 0.332 e. The molecule has 2 N–H and O–H groups in total. The minimum absolute atomic E-state index is 0.0463. The number of hydrogen-bond donors (Lipinski definition) is 2. The van der Waals surface area contributed by atoms with E-state index >= 15 is 0 Å². The fraction of sp³-hybridized carbons (Fsp3) is 0.364. The highest BCUT2D eigenvalue weighted by Gasteiger charge is 2.54. The van der Waals surface area contributed by atoms with E-state index in [1.807, 2.05) is 0 Å². The smallest absolute Gasteiger partial charge is 0.332 e. The van der Waals surface area contributed by atoms with Crippen LogP contribution in [0.2, 0.25) is 0 Å². The molecular formula is C11H14O5S. The molecule has 6 heteroatoms. The molecule has 1 aromatic carbocycles. The van der Waals surface area contributed by atoms with Gasteiger partial charge >= 0.3 is 5.97 Å². The summed E-state index contributed by atoms with van der Waals surface area (Å²) in [5.74, 6) is -2.39. The molecule has 0 saturated heterocycles. The average molecular weight is 258 g/mol. The van der Waals surface area contributed by atoms with Gasteiger partial charge in [-0.05, 0) is 11.5 Å². The summed E-state index contributed by atoms with van der Waals surface area (Å²) < 4.78 is 30.0. The van der Waals surface area contributed by atoms with Crippen molar-refractivity contribution in [3.8, 4) is 0 Å². The van der Waals surface area contributed by atoms with Crippen molar-refractivity contribution < 1.29 is 22.9 Å². The molecule has 1 aromatic rings. The summed E-state index contributed by atoms with van der Waals surface area (Å²) in [7, 11) is -4.78. The molecule has 0 saturated carbocycles. The molecule has 0 radical (unpaired) electrons. The van der Waals surface area contributed by atoms with Gasteiger partial charge in [-0.15, -0.1) is 0 Å². The van der Waals surface area contributed by atoms with Crippen molar-refractivity contribution >= 4 is 16.1 Å². The highest BCUT2D eigenvalue weighted by molar-refractivity contribution is 7.87. The SMILES string of the molecule is CC(C)C(C(=O)O)(c1ccccc1)S(=O)(=O)O. The van der Waals surface area contributed by atoms with E-state index in [-0.39, 0.29) is 5.56 Å². The van der Waals surface area contributed by atoms with Crippen LogP contribution in [0, 0.1) is 5.92 Å². The summed E-state index contributed by atoms with van der Waals surface area (Å²) in [4.78, 5) is 11.4. The van der Waals surface area contributed by atoms with Gasteiger partial charge in [0.05, 0.1) is 0 Å². The summed E-state index contributed by atoms with van der Waals surface area (Å²) in [6.07, 6.45) is 0. The van der Waals surface area contributed by atoms with Gasteiger partial charge in [0.15, 0.2) is 0 Å². The Morgan fingerprint density at radius 1 is 1.24 bits per heavy atom. The molecule has 0 fully saturated rings. The van der Waals surface area contributed by atoms with Crippen LogP contribution in [-0.2, 0) is 19.7 Å². The lowest BCUT2D eigenvalue weighted by atomic mass is 9.87. The lowest BCUT2D eigenvalue weighted by Gasteiger charge is -2.30. The van der Waals surface area contributed by atoms with Crippen LogP contribution in [0.5, 0.6) is 0 Å². The molecule has 0 aliphatic rings. The minimum atomic E-state index is -4.78. The molecule has 0 heterocycles. The highest BCUT2D eigenvalue weighted by atomic mass is 32.2. The molecule has 0 aromatic heterocycles. The summed E-state index contributed by atoms with van der Waals surface area (Å²) in [6.45, 7) is 2.88. The largest absolute Gasteiger partial charge is 0.480 e. The molecule has 94 valence electrons. The normalized spacial score (nSPS) is 15.5. The second-order valence-corrected chi connectivity index (χ2v) is 5.63. The first-order chi connectivity index (χ1) is 7.74. The Morgan fingerprint density at radius 2 is 1.71 bits per heavy atom. The fourth-order valence-electron chi connectivity index (χ4n) is 1.95. The molecule has 0 bridgehead atoms. The zero-order valence-corrected chi connectivity index (χ0v) is 10.3. The van der Waals surface area contributed by atoms with Crippen molar-refractivity contribution in [2.75, 3.05) is 0 Å². The van der Waals surface area contributed by atoms with Gasteiger partial charge in [0.25, 0.3) is 10.1 Å².